The quantitative estimate of drug-likeness (QED) is 0.570. The fraction of sp³-hybridized carbons (Fsp3) is 0. The molecule has 0 N–H and O–H groups in total. The maximum Gasteiger partial charge on any atom is 0.115 e. The summed E-state index contributed by atoms with van der Waals surface area (Å²) < 4.78 is 0. The Labute approximate surface area is 59.2 Å². The van der Waals surface area contributed by atoms with Gasteiger partial charge in [-0.1, -0.05) is 30.9 Å². The van der Waals surface area contributed by atoms with Crippen LogP contribution in [0.2, 0.25) is 0 Å². The van der Waals surface area contributed by atoms with Crippen LogP contribution < -0.4 is 0 Å². The minimum absolute atomic E-state index is 0.442. The van der Waals surface area contributed by atoms with Crippen LogP contribution >= 0.6 is 0 Å². The highest BCUT2D eigenvalue weighted by molar-refractivity contribution is 5.62. The summed E-state index contributed by atoms with van der Waals surface area (Å²) in [5.74, 6) is 0. The van der Waals surface area contributed by atoms with Crippen LogP contribution in [0.3, 0.4) is 0 Å². The van der Waals surface area contributed by atoms with E-state index in [4.69, 9.17) is 0 Å². The summed E-state index contributed by atoms with van der Waals surface area (Å²) in [4.78, 5) is 10.1. The van der Waals surface area contributed by atoms with Crippen molar-refractivity contribution in [2.24, 2.45) is 5.18 Å². The van der Waals surface area contributed by atoms with Crippen molar-refractivity contribution in [2.45, 2.75) is 0 Å². The SMILES string of the molecule is C=Cc1ccccc1N=O. The predicted molar refractivity (Wildman–Crippen MR) is 42.0 cm³/mol. The zero-order valence-corrected chi connectivity index (χ0v) is 5.45. The summed E-state index contributed by atoms with van der Waals surface area (Å²) in [6, 6.07) is 7.06. The van der Waals surface area contributed by atoms with E-state index in [1.165, 1.54) is 0 Å². The number of benzene rings is 1. The Hall–Kier alpha value is -1.44. The zero-order chi connectivity index (χ0) is 7.40. The van der Waals surface area contributed by atoms with Gasteiger partial charge in [0.2, 0.25) is 0 Å². The Morgan fingerprint density at radius 3 is 2.60 bits per heavy atom. The second-order valence-electron chi connectivity index (χ2n) is 1.85. The Kier molecular flexibility index (Phi) is 1.95. The summed E-state index contributed by atoms with van der Waals surface area (Å²) in [5, 5.41) is 2.82. The van der Waals surface area contributed by atoms with E-state index in [1.807, 2.05) is 6.07 Å². The number of hydrogen-bond donors (Lipinski definition) is 0. The fourth-order valence-electron chi connectivity index (χ4n) is 0.743. The van der Waals surface area contributed by atoms with Crippen LogP contribution in [0, 0.1) is 4.91 Å². The number of hydrogen-bond acceptors (Lipinski definition) is 2. The standard InChI is InChI=1S/C8H7NO/c1-2-7-5-3-4-6-8(7)9-10/h2-6H,1H2. The first-order chi connectivity index (χ1) is 4.88. The van der Waals surface area contributed by atoms with Crippen molar-refractivity contribution in [3.8, 4) is 0 Å². The number of nitroso groups, excluding NO2 is 1. The molecule has 0 saturated heterocycles. The third-order valence-electron chi connectivity index (χ3n) is 1.26. The van der Waals surface area contributed by atoms with Crippen molar-refractivity contribution in [3.05, 3.63) is 41.3 Å². The first-order valence-electron chi connectivity index (χ1n) is 2.93. The van der Waals surface area contributed by atoms with Gasteiger partial charge < -0.3 is 0 Å². The number of rotatable bonds is 2. The minimum Gasteiger partial charge on any atom is -0.145 e. The van der Waals surface area contributed by atoms with E-state index in [9.17, 15) is 4.91 Å². The van der Waals surface area contributed by atoms with Gasteiger partial charge >= 0.3 is 0 Å². The lowest BCUT2D eigenvalue weighted by Crippen LogP contribution is -1.69. The minimum atomic E-state index is 0.442. The van der Waals surface area contributed by atoms with Crippen molar-refractivity contribution in [3.63, 3.8) is 0 Å². The molecule has 0 saturated carbocycles. The molecule has 0 aliphatic rings. The Bertz CT molecular complexity index is 228. The molecule has 1 aromatic carbocycles. The molecular formula is C8H7NO. The molecule has 0 atom stereocenters. The van der Waals surface area contributed by atoms with E-state index < -0.39 is 0 Å². The van der Waals surface area contributed by atoms with Gasteiger partial charge in [-0.3, -0.25) is 0 Å². The van der Waals surface area contributed by atoms with Gasteiger partial charge in [-0.25, -0.2) is 0 Å². The lowest BCUT2D eigenvalue weighted by Gasteiger charge is -1.92. The smallest absolute Gasteiger partial charge is 0.115 e. The van der Waals surface area contributed by atoms with Crippen molar-refractivity contribution in [2.75, 3.05) is 0 Å². The van der Waals surface area contributed by atoms with E-state index in [0.29, 0.717) is 5.69 Å². The summed E-state index contributed by atoms with van der Waals surface area (Å²) in [7, 11) is 0. The molecule has 0 heterocycles. The van der Waals surface area contributed by atoms with Gasteiger partial charge in [0, 0.05) is 5.56 Å². The van der Waals surface area contributed by atoms with Crippen LogP contribution in [0.15, 0.2) is 36.0 Å². The molecule has 2 heteroatoms. The third-order valence-corrected chi connectivity index (χ3v) is 1.26. The maximum absolute atomic E-state index is 10.1. The normalized spacial score (nSPS) is 8.80. The molecule has 0 radical (unpaired) electrons. The molecule has 0 spiro atoms. The molecule has 0 unspecified atom stereocenters. The van der Waals surface area contributed by atoms with Crippen LogP contribution in [-0.2, 0) is 0 Å². The van der Waals surface area contributed by atoms with Gasteiger partial charge in [0.15, 0.2) is 0 Å². The Morgan fingerprint density at radius 1 is 1.40 bits per heavy atom. The van der Waals surface area contributed by atoms with E-state index >= 15 is 0 Å². The predicted octanol–water partition coefficient (Wildman–Crippen LogP) is 2.73. The Balaban J connectivity index is 3.20. The molecule has 0 aliphatic carbocycles. The second kappa shape index (κ2) is 2.92. The van der Waals surface area contributed by atoms with Crippen LogP contribution in [0.25, 0.3) is 6.08 Å². The summed E-state index contributed by atoms with van der Waals surface area (Å²) in [6.07, 6.45) is 1.61. The van der Waals surface area contributed by atoms with Gasteiger partial charge in [0.05, 0.1) is 0 Å². The zero-order valence-electron chi connectivity index (χ0n) is 5.45. The largest absolute Gasteiger partial charge is 0.145 e. The molecule has 0 aliphatic heterocycles. The molecule has 0 aromatic heterocycles. The molecule has 0 fully saturated rings. The highest BCUT2D eigenvalue weighted by Crippen LogP contribution is 2.18. The monoisotopic (exact) mass is 133 g/mol. The molecule has 1 rings (SSSR count). The van der Waals surface area contributed by atoms with Crippen LogP contribution in [-0.4, -0.2) is 0 Å². The van der Waals surface area contributed by atoms with Crippen LogP contribution in [0.5, 0.6) is 0 Å². The summed E-state index contributed by atoms with van der Waals surface area (Å²) in [6.45, 7) is 3.54. The van der Waals surface area contributed by atoms with E-state index in [-0.39, 0.29) is 0 Å². The highest BCUT2D eigenvalue weighted by Gasteiger charge is 1.93. The van der Waals surface area contributed by atoms with Crippen LogP contribution in [0.1, 0.15) is 5.56 Å². The molecule has 1 aromatic rings. The maximum atomic E-state index is 10.1. The average Bonchev–Trinajstić information content (AvgIpc) is 2.04. The van der Waals surface area contributed by atoms with Gasteiger partial charge in [-0.2, -0.15) is 0 Å². The molecular weight excluding hydrogens is 126 g/mol. The first kappa shape index (κ1) is 6.68. The summed E-state index contributed by atoms with van der Waals surface area (Å²) >= 11 is 0. The van der Waals surface area contributed by atoms with Gasteiger partial charge in [0.25, 0.3) is 0 Å². The van der Waals surface area contributed by atoms with Gasteiger partial charge in [-0.15, -0.1) is 4.91 Å². The fourth-order valence-corrected chi connectivity index (χ4v) is 0.743. The molecule has 0 bridgehead atoms. The van der Waals surface area contributed by atoms with Gasteiger partial charge in [0.1, 0.15) is 5.69 Å². The molecule has 2 nitrogen and oxygen atoms in total. The lowest BCUT2D eigenvalue weighted by atomic mass is 10.2. The van der Waals surface area contributed by atoms with E-state index in [2.05, 4.69) is 11.8 Å². The van der Waals surface area contributed by atoms with Gasteiger partial charge in [-0.05, 0) is 11.2 Å². The van der Waals surface area contributed by atoms with Crippen molar-refractivity contribution in [1.82, 2.24) is 0 Å². The third kappa shape index (κ3) is 1.10. The lowest BCUT2D eigenvalue weighted by molar-refractivity contribution is 1.48. The highest BCUT2D eigenvalue weighted by atomic mass is 16.3. The topological polar surface area (TPSA) is 29.4 Å². The van der Waals surface area contributed by atoms with Crippen LogP contribution in [0.4, 0.5) is 5.69 Å². The summed E-state index contributed by atoms with van der Waals surface area (Å²) in [5.41, 5.74) is 1.22. The average molecular weight is 133 g/mol. The second-order valence-corrected chi connectivity index (χ2v) is 1.85. The molecule has 0 amide bonds. The van der Waals surface area contributed by atoms with E-state index in [0.717, 1.165) is 5.56 Å². The van der Waals surface area contributed by atoms with E-state index in [1.54, 1.807) is 24.3 Å². The Morgan fingerprint density at radius 2 is 2.10 bits per heavy atom. The van der Waals surface area contributed by atoms with Crippen molar-refractivity contribution >= 4 is 11.8 Å². The molecule has 50 valence electrons. The number of nitrogens with zero attached hydrogens (tertiary/aromatic N) is 1. The van der Waals surface area contributed by atoms with Crippen molar-refractivity contribution in [1.29, 1.82) is 0 Å². The molecule has 10 heavy (non-hydrogen) atoms. The first-order valence-corrected chi connectivity index (χ1v) is 2.93. The van der Waals surface area contributed by atoms with Crippen molar-refractivity contribution < 1.29 is 0 Å².